The summed E-state index contributed by atoms with van der Waals surface area (Å²) in [7, 11) is 0. The van der Waals surface area contributed by atoms with Gasteiger partial charge < -0.3 is 4.90 Å². The molecule has 0 radical (unpaired) electrons. The predicted octanol–water partition coefficient (Wildman–Crippen LogP) is 2.81. The first-order valence-electron chi connectivity index (χ1n) is 6.38. The van der Waals surface area contributed by atoms with Crippen LogP contribution in [0.1, 0.15) is 10.9 Å². The van der Waals surface area contributed by atoms with Crippen molar-refractivity contribution in [2.45, 2.75) is 11.9 Å². The predicted molar refractivity (Wildman–Crippen MR) is 80.6 cm³/mol. The molecule has 1 aromatic carbocycles. The lowest BCUT2D eigenvalue weighted by Gasteiger charge is -2.24. The summed E-state index contributed by atoms with van der Waals surface area (Å²) in [5.41, 5.74) is 1.12. The number of thioether (sulfide) groups is 1. The fourth-order valence-corrected chi connectivity index (χ4v) is 3.66. The van der Waals surface area contributed by atoms with E-state index in [9.17, 15) is 4.79 Å². The maximum absolute atomic E-state index is 12.4. The molecule has 1 fully saturated rings. The van der Waals surface area contributed by atoms with Crippen molar-refractivity contribution < 1.29 is 4.79 Å². The number of rotatable bonds is 3. The molecule has 2 heterocycles. The van der Waals surface area contributed by atoms with Crippen LogP contribution in [0.25, 0.3) is 0 Å². The van der Waals surface area contributed by atoms with Crippen LogP contribution in [0.4, 0.5) is 0 Å². The average molecular weight is 308 g/mol. The molecular weight excluding hydrogens is 294 g/mol. The van der Waals surface area contributed by atoms with E-state index < -0.39 is 0 Å². The van der Waals surface area contributed by atoms with Crippen LogP contribution in [0.3, 0.4) is 0 Å². The molecule has 104 valence electrons. The lowest BCUT2D eigenvalue weighted by molar-refractivity contribution is -0.132. The molecule has 4 nitrogen and oxygen atoms in total. The van der Waals surface area contributed by atoms with Crippen LogP contribution in [-0.4, -0.2) is 32.9 Å². The number of carbonyl (C=O) groups is 1. The van der Waals surface area contributed by atoms with Gasteiger partial charge >= 0.3 is 0 Å². The maximum atomic E-state index is 12.4. The second-order valence-electron chi connectivity index (χ2n) is 4.57. The smallest absolute Gasteiger partial charge is 0.245 e. The molecule has 0 spiro atoms. The lowest BCUT2D eigenvalue weighted by atomic mass is 10.2. The molecule has 1 unspecified atom stereocenters. The summed E-state index contributed by atoms with van der Waals surface area (Å²) in [6.45, 7) is 1.07. The number of halogens is 1. The quantitative estimate of drug-likeness (QED) is 0.875. The first kappa shape index (κ1) is 13.5. The molecule has 1 aliphatic heterocycles. The Labute approximate surface area is 126 Å². The summed E-state index contributed by atoms with van der Waals surface area (Å²) < 4.78 is 1.66. The van der Waals surface area contributed by atoms with E-state index in [1.807, 2.05) is 35.2 Å². The normalized spacial score (nSPS) is 18.4. The van der Waals surface area contributed by atoms with Crippen LogP contribution < -0.4 is 0 Å². The minimum absolute atomic E-state index is 0.0790. The maximum Gasteiger partial charge on any atom is 0.245 e. The molecule has 0 aliphatic carbocycles. The number of aromatic nitrogens is 2. The Hall–Kier alpha value is -1.46. The van der Waals surface area contributed by atoms with Crippen molar-refractivity contribution >= 4 is 29.3 Å². The molecule has 2 aromatic rings. The zero-order valence-electron chi connectivity index (χ0n) is 10.8. The number of carbonyl (C=O) groups excluding carboxylic acids is 1. The third-order valence-corrected chi connectivity index (χ3v) is 4.74. The van der Waals surface area contributed by atoms with Crippen molar-refractivity contribution in [3.63, 3.8) is 0 Å². The Balaban J connectivity index is 1.75. The van der Waals surface area contributed by atoms with E-state index in [2.05, 4.69) is 5.10 Å². The fourth-order valence-electron chi connectivity index (χ4n) is 2.25. The van der Waals surface area contributed by atoms with E-state index in [-0.39, 0.29) is 17.8 Å². The molecule has 6 heteroatoms. The van der Waals surface area contributed by atoms with Gasteiger partial charge in [0.25, 0.3) is 0 Å². The minimum Gasteiger partial charge on any atom is -0.324 e. The SMILES string of the molecule is O=C(Cn1cccn1)N1CCSC1c1ccc(Cl)cc1. The van der Waals surface area contributed by atoms with Crippen molar-refractivity contribution in [2.24, 2.45) is 0 Å². The van der Waals surface area contributed by atoms with E-state index in [0.717, 1.165) is 17.9 Å². The zero-order valence-corrected chi connectivity index (χ0v) is 12.3. The summed E-state index contributed by atoms with van der Waals surface area (Å²) in [6, 6.07) is 9.53. The van der Waals surface area contributed by atoms with Crippen LogP contribution in [0.5, 0.6) is 0 Å². The molecule has 0 saturated carbocycles. The number of benzene rings is 1. The van der Waals surface area contributed by atoms with Gasteiger partial charge in [0.2, 0.25) is 5.91 Å². The number of nitrogens with zero attached hydrogens (tertiary/aromatic N) is 3. The highest BCUT2D eigenvalue weighted by Crippen LogP contribution is 2.38. The highest BCUT2D eigenvalue weighted by molar-refractivity contribution is 7.99. The van der Waals surface area contributed by atoms with Gasteiger partial charge in [0, 0.05) is 29.7 Å². The van der Waals surface area contributed by atoms with Crippen LogP contribution in [-0.2, 0) is 11.3 Å². The first-order chi connectivity index (χ1) is 9.74. The van der Waals surface area contributed by atoms with Crippen molar-refractivity contribution in [2.75, 3.05) is 12.3 Å². The molecule has 0 bridgehead atoms. The van der Waals surface area contributed by atoms with Crippen molar-refractivity contribution in [1.29, 1.82) is 0 Å². The molecule has 1 amide bonds. The molecule has 1 atom stereocenters. The van der Waals surface area contributed by atoms with Gasteiger partial charge in [-0.25, -0.2) is 0 Å². The van der Waals surface area contributed by atoms with Crippen LogP contribution in [0.2, 0.25) is 5.02 Å². The number of hydrogen-bond acceptors (Lipinski definition) is 3. The Kier molecular flexibility index (Phi) is 3.98. The van der Waals surface area contributed by atoms with Gasteiger partial charge in [0.1, 0.15) is 11.9 Å². The second kappa shape index (κ2) is 5.89. The van der Waals surface area contributed by atoms with Crippen LogP contribution in [0, 0.1) is 0 Å². The van der Waals surface area contributed by atoms with Crippen LogP contribution in [0.15, 0.2) is 42.7 Å². The summed E-state index contributed by atoms with van der Waals surface area (Å²) >= 11 is 7.70. The molecule has 20 heavy (non-hydrogen) atoms. The fraction of sp³-hybridized carbons (Fsp3) is 0.286. The van der Waals surface area contributed by atoms with E-state index in [1.54, 1.807) is 28.8 Å². The van der Waals surface area contributed by atoms with Crippen LogP contribution >= 0.6 is 23.4 Å². The van der Waals surface area contributed by atoms with Gasteiger partial charge in [-0.2, -0.15) is 5.10 Å². The molecule has 3 rings (SSSR count). The van der Waals surface area contributed by atoms with Gasteiger partial charge in [-0.15, -0.1) is 11.8 Å². The van der Waals surface area contributed by atoms with Gasteiger partial charge in [0.15, 0.2) is 0 Å². The summed E-state index contributed by atoms with van der Waals surface area (Å²) in [4.78, 5) is 14.3. The molecule has 1 saturated heterocycles. The summed E-state index contributed by atoms with van der Waals surface area (Å²) in [6.07, 6.45) is 3.49. The van der Waals surface area contributed by atoms with Crippen molar-refractivity contribution in [3.05, 3.63) is 53.3 Å². The first-order valence-corrected chi connectivity index (χ1v) is 7.81. The topological polar surface area (TPSA) is 38.1 Å². The average Bonchev–Trinajstić information content (AvgIpc) is 3.10. The largest absolute Gasteiger partial charge is 0.324 e. The summed E-state index contributed by atoms with van der Waals surface area (Å²) in [5.74, 6) is 1.05. The van der Waals surface area contributed by atoms with E-state index in [0.29, 0.717) is 5.02 Å². The third kappa shape index (κ3) is 2.83. The van der Waals surface area contributed by atoms with Crippen molar-refractivity contribution in [3.8, 4) is 0 Å². The van der Waals surface area contributed by atoms with E-state index in [1.165, 1.54) is 0 Å². The monoisotopic (exact) mass is 307 g/mol. The van der Waals surface area contributed by atoms with E-state index in [4.69, 9.17) is 11.6 Å². The standard InChI is InChI=1S/C14H14ClN3OS/c15-12-4-2-11(3-5-12)14-18(8-9-20-14)13(19)10-17-7-1-6-16-17/h1-7,14H,8-10H2. The number of hydrogen-bond donors (Lipinski definition) is 0. The lowest BCUT2D eigenvalue weighted by Crippen LogP contribution is -2.33. The minimum atomic E-state index is 0.0790. The molecular formula is C14H14ClN3OS. The van der Waals surface area contributed by atoms with Gasteiger partial charge in [-0.3, -0.25) is 9.48 Å². The Morgan fingerprint density at radius 2 is 2.20 bits per heavy atom. The highest BCUT2D eigenvalue weighted by Gasteiger charge is 2.30. The van der Waals surface area contributed by atoms with Gasteiger partial charge in [-0.1, -0.05) is 23.7 Å². The zero-order chi connectivity index (χ0) is 13.9. The molecule has 1 aliphatic rings. The number of amides is 1. The van der Waals surface area contributed by atoms with Crippen molar-refractivity contribution in [1.82, 2.24) is 14.7 Å². The van der Waals surface area contributed by atoms with Gasteiger partial charge in [0.05, 0.1) is 0 Å². The molecule has 0 N–H and O–H groups in total. The Morgan fingerprint density at radius 1 is 1.40 bits per heavy atom. The van der Waals surface area contributed by atoms with E-state index >= 15 is 0 Å². The molecule has 1 aromatic heterocycles. The Bertz CT molecular complexity index is 585. The Morgan fingerprint density at radius 3 is 2.90 bits per heavy atom. The third-order valence-electron chi connectivity index (χ3n) is 3.22. The highest BCUT2D eigenvalue weighted by atomic mass is 35.5. The summed E-state index contributed by atoms with van der Waals surface area (Å²) in [5, 5.41) is 4.87. The van der Waals surface area contributed by atoms with Gasteiger partial charge in [-0.05, 0) is 23.8 Å². The second-order valence-corrected chi connectivity index (χ2v) is 6.19.